The van der Waals surface area contributed by atoms with Crippen LogP contribution in [0.3, 0.4) is 0 Å². The molecule has 2 amide bonds. The lowest BCUT2D eigenvalue weighted by Gasteiger charge is -2.33. The summed E-state index contributed by atoms with van der Waals surface area (Å²) in [6.07, 6.45) is -0.342. The molecule has 3 rings (SSSR count). The van der Waals surface area contributed by atoms with Crippen LogP contribution in [0.25, 0.3) is 11.0 Å². The first-order valence-corrected chi connectivity index (χ1v) is 7.92. The van der Waals surface area contributed by atoms with Crippen molar-refractivity contribution in [1.29, 1.82) is 0 Å². The second-order valence-corrected chi connectivity index (χ2v) is 5.44. The Labute approximate surface area is 139 Å². The number of para-hydroxylation sites is 1. The number of piperazine rings is 1. The predicted molar refractivity (Wildman–Crippen MR) is 87.3 cm³/mol. The van der Waals surface area contributed by atoms with Crippen LogP contribution in [0, 0.1) is 0 Å². The van der Waals surface area contributed by atoms with Gasteiger partial charge in [-0.05, 0) is 19.1 Å². The van der Waals surface area contributed by atoms with E-state index in [4.69, 9.17) is 13.9 Å². The zero-order chi connectivity index (χ0) is 17.1. The fraction of sp³-hybridized carbons (Fsp3) is 0.412. The highest BCUT2D eigenvalue weighted by Crippen LogP contribution is 2.33. The van der Waals surface area contributed by atoms with Crippen LogP contribution in [-0.4, -0.2) is 61.7 Å². The van der Waals surface area contributed by atoms with E-state index in [9.17, 15) is 9.59 Å². The molecule has 0 radical (unpaired) electrons. The normalized spacial score (nSPS) is 14.8. The van der Waals surface area contributed by atoms with Gasteiger partial charge in [-0.25, -0.2) is 4.79 Å². The number of furan rings is 1. The van der Waals surface area contributed by atoms with Crippen molar-refractivity contribution in [1.82, 2.24) is 9.80 Å². The average molecular weight is 332 g/mol. The van der Waals surface area contributed by atoms with Gasteiger partial charge in [0.05, 0.1) is 19.1 Å². The highest BCUT2D eigenvalue weighted by Gasteiger charge is 2.30. The Balaban J connectivity index is 1.75. The topological polar surface area (TPSA) is 72.2 Å². The van der Waals surface area contributed by atoms with E-state index in [0.29, 0.717) is 44.1 Å². The molecule has 0 bridgehead atoms. The molecule has 1 aliphatic heterocycles. The summed E-state index contributed by atoms with van der Waals surface area (Å²) in [4.78, 5) is 27.8. The number of hydrogen-bond donors (Lipinski definition) is 0. The minimum atomic E-state index is -0.342. The maximum Gasteiger partial charge on any atom is 0.409 e. The standard InChI is InChI=1S/C17H20N2O5/c1-3-23-17(21)19-10-8-18(9-11-19)16(20)15-14(22-2)12-6-4-5-7-13(12)24-15/h4-7H,3,8-11H2,1-2H3. The van der Waals surface area contributed by atoms with E-state index in [-0.39, 0.29) is 17.8 Å². The minimum absolute atomic E-state index is 0.197. The summed E-state index contributed by atoms with van der Waals surface area (Å²) < 4.78 is 16.1. The predicted octanol–water partition coefficient (Wildman–Crippen LogP) is 2.36. The van der Waals surface area contributed by atoms with Crippen molar-refractivity contribution in [2.75, 3.05) is 39.9 Å². The van der Waals surface area contributed by atoms with Gasteiger partial charge in [0.1, 0.15) is 5.58 Å². The van der Waals surface area contributed by atoms with Gasteiger partial charge in [0.25, 0.3) is 5.91 Å². The largest absolute Gasteiger partial charge is 0.492 e. The molecule has 0 N–H and O–H groups in total. The molecule has 2 aromatic rings. The van der Waals surface area contributed by atoms with Crippen LogP contribution in [0.1, 0.15) is 17.5 Å². The Morgan fingerprint density at radius 3 is 2.46 bits per heavy atom. The molecule has 1 aromatic carbocycles. The number of ether oxygens (including phenoxy) is 2. The highest BCUT2D eigenvalue weighted by atomic mass is 16.6. The fourth-order valence-corrected chi connectivity index (χ4v) is 2.82. The van der Waals surface area contributed by atoms with Gasteiger partial charge in [-0.2, -0.15) is 0 Å². The molecular formula is C17H20N2O5. The van der Waals surface area contributed by atoms with E-state index in [1.807, 2.05) is 18.2 Å². The molecule has 7 heteroatoms. The SMILES string of the molecule is CCOC(=O)N1CCN(C(=O)c2oc3ccccc3c2OC)CC1. The van der Waals surface area contributed by atoms with Gasteiger partial charge in [0.15, 0.2) is 5.75 Å². The lowest BCUT2D eigenvalue weighted by Crippen LogP contribution is -2.50. The molecule has 7 nitrogen and oxygen atoms in total. The zero-order valence-electron chi connectivity index (χ0n) is 13.8. The van der Waals surface area contributed by atoms with Crippen molar-refractivity contribution in [3.63, 3.8) is 0 Å². The Morgan fingerprint density at radius 2 is 1.79 bits per heavy atom. The number of hydrogen-bond acceptors (Lipinski definition) is 5. The summed E-state index contributed by atoms with van der Waals surface area (Å²) in [7, 11) is 1.52. The molecule has 0 atom stereocenters. The number of carbonyl (C=O) groups is 2. The van der Waals surface area contributed by atoms with E-state index in [1.165, 1.54) is 7.11 Å². The van der Waals surface area contributed by atoms with Gasteiger partial charge < -0.3 is 23.7 Å². The molecule has 0 unspecified atom stereocenters. The molecule has 1 fully saturated rings. The summed E-state index contributed by atoms with van der Waals surface area (Å²) in [5.74, 6) is 0.415. The zero-order valence-corrected chi connectivity index (χ0v) is 13.8. The number of rotatable bonds is 3. The molecule has 128 valence electrons. The third-order valence-electron chi connectivity index (χ3n) is 4.04. The third-order valence-corrected chi connectivity index (χ3v) is 4.04. The molecule has 0 aliphatic carbocycles. The van der Waals surface area contributed by atoms with Crippen molar-refractivity contribution in [2.24, 2.45) is 0 Å². The second kappa shape index (κ2) is 6.82. The Kier molecular flexibility index (Phi) is 4.59. The van der Waals surface area contributed by atoms with Crippen molar-refractivity contribution in [3.8, 4) is 5.75 Å². The van der Waals surface area contributed by atoms with E-state index >= 15 is 0 Å². The molecule has 1 aliphatic rings. The Bertz CT molecular complexity index is 747. The lowest BCUT2D eigenvalue weighted by molar-refractivity contribution is 0.0544. The van der Waals surface area contributed by atoms with Crippen LogP contribution < -0.4 is 4.74 Å². The lowest BCUT2D eigenvalue weighted by atomic mass is 10.2. The first-order valence-electron chi connectivity index (χ1n) is 7.92. The Morgan fingerprint density at radius 1 is 1.12 bits per heavy atom. The molecule has 2 heterocycles. The summed E-state index contributed by atoms with van der Waals surface area (Å²) in [6.45, 7) is 3.84. The first kappa shape index (κ1) is 16.2. The molecule has 0 spiro atoms. The van der Waals surface area contributed by atoms with Crippen LogP contribution in [0.4, 0.5) is 4.79 Å². The maximum absolute atomic E-state index is 12.8. The van der Waals surface area contributed by atoms with Gasteiger partial charge in [-0.15, -0.1) is 0 Å². The van der Waals surface area contributed by atoms with Crippen LogP contribution >= 0.6 is 0 Å². The summed E-state index contributed by atoms with van der Waals surface area (Å²) in [6, 6.07) is 7.37. The van der Waals surface area contributed by atoms with E-state index in [2.05, 4.69) is 0 Å². The van der Waals surface area contributed by atoms with Gasteiger partial charge in [-0.3, -0.25) is 4.79 Å². The summed E-state index contributed by atoms with van der Waals surface area (Å²) in [5.41, 5.74) is 0.614. The molecule has 1 aromatic heterocycles. The quantitative estimate of drug-likeness (QED) is 0.863. The van der Waals surface area contributed by atoms with Crippen molar-refractivity contribution in [3.05, 3.63) is 30.0 Å². The van der Waals surface area contributed by atoms with Gasteiger partial charge in [0.2, 0.25) is 5.76 Å². The average Bonchev–Trinajstić information content (AvgIpc) is 3.00. The number of amides is 2. The van der Waals surface area contributed by atoms with Gasteiger partial charge >= 0.3 is 6.09 Å². The van der Waals surface area contributed by atoms with Crippen LogP contribution in [0.5, 0.6) is 5.75 Å². The summed E-state index contributed by atoms with van der Waals surface area (Å²) >= 11 is 0. The smallest absolute Gasteiger partial charge is 0.409 e. The molecule has 1 saturated heterocycles. The minimum Gasteiger partial charge on any atom is -0.492 e. The monoisotopic (exact) mass is 332 g/mol. The highest BCUT2D eigenvalue weighted by molar-refractivity contribution is 6.01. The van der Waals surface area contributed by atoms with Gasteiger partial charge in [0, 0.05) is 26.2 Å². The Hall–Kier alpha value is -2.70. The summed E-state index contributed by atoms with van der Waals surface area (Å²) in [5, 5.41) is 0.772. The second-order valence-electron chi connectivity index (χ2n) is 5.44. The van der Waals surface area contributed by atoms with E-state index in [0.717, 1.165) is 5.39 Å². The fourth-order valence-electron chi connectivity index (χ4n) is 2.82. The number of carbonyl (C=O) groups excluding carboxylic acids is 2. The molecular weight excluding hydrogens is 312 g/mol. The van der Waals surface area contributed by atoms with E-state index < -0.39 is 0 Å². The number of methoxy groups -OCH3 is 1. The van der Waals surface area contributed by atoms with Crippen molar-refractivity contribution >= 4 is 23.0 Å². The number of benzene rings is 1. The molecule has 0 saturated carbocycles. The van der Waals surface area contributed by atoms with Crippen LogP contribution in [-0.2, 0) is 4.74 Å². The number of fused-ring (bicyclic) bond motifs is 1. The third kappa shape index (κ3) is 2.89. The van der Waals surface area contributed by atoms with Crippen LogP contribution in [0.2, 0.25) is 0 Å². The maximum atomic E-state index is 12.8. The number of nitrogens with zero attached hydrogens (tertiary/aromatic N) is 2. The van der Waals surface area contributed by atoms with E-state index in [1.54, 1.807) is 22.8 Å². The van der Waals surface area contributed by atoms with Gasteiger partial charge in [-0.1, -0.05) is 12.1 Å². The molecule has 24 heavy (non-hydrogen) atoms. The first-order chi connectivity index (χ1) is 11.7. The van der Waals surface area contributed by atoms with Crippen LogP contribution in [0.15, 0.2) is 28.7 Å². The van der Waals surface area contributed by atoms with Crippen molar-refractivity contribution < 1.29 is 23.5 Å². The van der Waals surface area contributed by atoms with Crippen molar-refractivity contribution in [2.45, 2.75) is 6.92 Å².